The van der Waals surface area contributed by atoms with E-state index in [1.54, 1.807) is 23.9 Å². The van der Waals surface area contributed by atoms with Crippen LogP contribution in [0.15, 0.2) is 29.3 Å². The second-order valence-electron chi connectivity index (χ2n) is 4.88. The van der Waals surface area contributed by atoms with Gasteiger partial charge in [0.2, 0.25) is 0 Å². The van der Waals surface area contributed by atoms with Crippen LogP contribution in [0, 0.1) is 15.5 Å². The summed E-state index contributed by atoms with van der Waals surface area (Å²) in [5.74, 6) is 1.03. The van der Waals surface area contributed by atoms with Crippen LogP contribution in [0.2, 0.25) is 0 Å². The first kappa shape index (κ1) is 12.1. The number of nitro groups is 1. The Morgan fingerprint density at radius 2 is 2.00 bits per heavy atom. The van der Waals surface area contributed by atoms with Gasteiger partial charge < -0.3 is 0 Å². The zero-order valence-electron chi connectivity index (χ0n) is 9.84. The van der Waals surface area contributed by atoms with E-state index >= 15 is 0 Å². The second kappa shape index (κ2) is 4.49. The molecule has 0 aliphatic carbocycles. The summed E-state index contributed by atoms with van der Waals surface area (Å²) in [5.41, 5.74) is 1.33. The van der Waals surface area contributed by atoms with E-state index in [1.807, 2.05) is 0 Å². The smallest absolute Gasteiger partial charge is 0.269 e. The quantitative estimate of drug-likeness (QED) is 0.598. The highest BCUT2D eigenvalue weighted by Crippen LogP contribution is 2.30. The molecule has 0 saturated carbocycles. The molecule has 0 unspecified atom stereocenters. The number of hydrogen-bond donors (Lipinski definition) is 0. The van der Waals surface area contributed by atoms with Gasteiger partial charge in [0.25, 0.3) is 5.69 Å². The molecule has 0 saturated heterocycles. The fourth-order valence-corrected chi connectivity index (χ4v) is 2.62. The van der Waals surface area contributed by atoms with E-state index in [1.165, 1.54) is 12.1 Å². The first-order valence-corrected chi connectivity index (χ1v) is 6.39. The molecule has 2 rings (SSSR count). The van der Waals surface area contributed by atoms with Crippen LogP contribution in [0.1, 0.15) is 19.4 Å². The highest BCUT2D eigenvalue weighted by molar-refractivity contribution is 8.14. The number of non-ortho nitro benzene ring substituents is 1. The van der Waals surface area contributed by atoms with Crippen LogP contribution < -0.4 is 0 Å². The van der Waals surface area contributed by atoms with Crippen molar-refractivity contribution >= 4 is 22.5 Å². The molecular formula is C12H14N2O2S. The van der Waals surface area contributed by atoms with Crippen LogP contribution in [0.25, 0.3) is 0 Å². The highest BCUT2D eigenvalue weighted by Gasteiger charge is 2.24. The van der Waals surface area contributed by atoms with E-state index in [4.69, 9.17) is 0 Å². The minimum Gasteiger partial charge on any atom is -0.277 e. The van der Waals surface area contributed by atoms with Gasteiger partial charge in [0.05, 0.1) is 9.97 Å². The van der Waals surface area contributed by atoms with Crippen LogP contribution in [-0.4, -0.2) is 22.3 Å². The van der Waals surface area contributed by atoms with Crippen molar-refractivity contribution in [3.05, 3.63) is 39.9 Å². The third kappa shape index (κ3) is 2.85. The largest absolute Gasteiger partial charge is 0.277 e. The molecule has 0 N–H and O–H groups in total. The van der Waals surface area contributed by atoms with Crippen LogP contribution in [0.3, 0.4) is 0 Å². The first-order chi connectivity index (χ1) is 7.98. The van der Waals surface area contributed by atoms with Gasteiger partial charge in [0.1, 0.15) is 0 Å². The van der Waals surface area contributed by atoms with Gasteiger partial charge in [-0.25, -0.2) is 0 Å². The van der Waals surface area contributed by atoms with Crippen molar-refractivity contribution in [1.82, 2.24) is 0 Å². The van der Waals surface area contributed by atoms with Gasteiger partial charge in [0, 0.05) is 30.0 Å². The van der Waals surface area contributed by atoms with Gasteiger partial charge in [-0.3, -0.25) is 15.1 Å². The Hall–Kier alpha value is -1.36. The minimum absolute atomic E-state index is 0.121. The molecule has 0 atom stereocenters. The molecule has 0 aromatic heterocycles. The molecule has 1 aliphatic heterocycles. The van der Waals surface area contributed by atoms with Gasteiger partial charge in [-0.15, -0.1) is 11.8 Å². The van der Waals surface area contributed by atoms with Crippen molar-refractivity contribution in [2.24, 2.45) is 10.4 Å². The van der Waals surface area contributed by atoms with Crippen molar-refractivity contribution in [3.63, 3.8) is 0 Å². The Bertz CT molecular complexity index is 466. The maximum Gasteiger partial charge on any atom is 0.269 e. The normalized spacial score (nSPS) is 18.6. The average molecular weight is 250 g/mol. The number of nitro benzene ring substituents is 1. The van der Waals surface area contributed by atoms with E-state index in [-0.39, 0.29) is 16.0 Å². The fourth-order valence-electron chi connectivity index (χ4n) is 1.54. The second-order valence-corrected chi connectivity index (χ2v) is 5.84. The Morgan fingerprint density at radius 1 is 1.35 bits per heavy atom. The highest BCUT2D eigenvalue weighted by atomic mass is 32.2. The summed E-state index contributed by atoms with van der Waals surface area (Å²) in [7, 11) is 0. The molecule has 1 heterocycles. The Morgan fingerprint density at radius 3 is 2.47 bits per heavy atom. The van der Waals surface area contributed by atoms with Gasteiger partial charge in [-0.1, -0.05) is 13.8 Å². The fraction of sp³-hybridized carbons (Fsp3) is 0.417. The lowest BCUT2D eigenvalue weighted by molar-refractivity contribution is -0.384. The number of hydrogen-bond acceptors (Lipinski definition) is 4. The monoisotopic (exact) mass is 250 g/mol. The topological polar surface area (TPSA) is 55.5 Å². The van der Waals surface area contributed by atoms with Crippen molar-refractivity contribution in [2.45, 2.75) is 13.8 Å². The summed E-state index contributed by atoms with van der Waals surface area (Å²) in [6.45, 7) is 5.19. The third-order valence-electron chi connectivity index (χ3n) is 2.58. The van der Waals surface area contributed by atoms with Gasteiger partial charge in [-0.2, -0.15) is 0 Å². The lowest BCUT2D eigenvalue weighted by Gasteiger charge is -2.27. The molecule has 5 heteroatoms. The van der Waals surface area contributed by atoms with Gasteiger partial charge in [0.15, 0.2) is 0 Å². The molecule has 1 aromatic carbocycles. The van der Waals surface area contributed by atoms with E-state index in [2.05, 4.69) is 18.8 Å². The summed E-state index contributed by atoms with van der Waals surface area (Å²) in [4.78, 5) is 14.7. The molecule has 90 valence electrons. The summed E-state index contributed by atoms with van der Waals surface area (Å²) in [6.07, 6.45) is 0. The molecule has 4 nitrogen and oxygen atoms in total. The molecule has 0 fully saturated rings. The van der Waals surface area contributed by atoms with Crippen molar-refractivity contribution < 1.29 is 4.92 Å². The summed E-state index contributed by atoms with van der Waals surface area (Å²) < 4.78 is 0. The molecule has 0 spiro atoms. The Balaban J connectivity index is 2.19. The number of rotatable bonds is 2. The van der Waals surface area contributed by atoms with Crippen LogP contribution in [-0.2, 0) is 0 Å². The Labute approximate surface area is 104 Å². The molecule has 1 aliphatic rings. The van der Waals surface area contributed by atoms with Crippen molar-refractivity contribution in [3.8, 4) is 0 Å². The predicted octanol–water partition coefficient (Wildman–Crippen LogP) is 3.11. The van der Waals surface area contributed by atoms with Crippen LogP contribution >= 0.6 is 11.8 Å². The minimum atomic E-state index is -0.386. The standard InChI is InChI=1S/C12H14N2O2S/c1-12(2)7-13-11(17-8-12)9-3-5-10(6-4-9)14(15)16/h3-6H,7-8H2,1-2H3. The lowest BCUT2D eigenvalue weighted by Crippen LogP contribution is -2.24. The van der Waals surface area contributed by atoms with E-state index in [0.717, 1.165) is 22.9 Å². The maximum atomic E-state index is 10.5. The predicted molar refractivity (Wildman–Crippen MR) is 70.7 cm³/mol. The maximum absolute atomic E-state index is 10.5. The Kier molecular flexibility index (Phi) is 3.19. The van der Waals surface area contributed by atoms with Gasteiger partial charge >= 0.3 is 0 Å². The number of aliphatic imine (C=N–C) groups is 1. The third-order valence-corrected chi connectivity index (χ3v) is 4.14. The van der Waals surface area contributed by atoms with Crippen molar-refractivity contribution in [2.75, 3.05) is 12.3 Å². The average Bonchev–Trinajstić information content (AvgIpc) is 2.29. The van der Waals surface area contributed by atoms with E-state index in [9.17, 15) is 10.1 Å². The van der Waals surface area contributed by atoms with Crippen molar-refractivity contribution in [1.29, 1.82) is 0 Å². The zero-order chi connectivity index (χ0) is 12.5. The van der Waals surface area contributed by atoms with Crippen LogP contribution in [0.4, 0.5) is 5.69 Å². The zero-order valence-corrected chi connectivity index (χ0v) is 10.7. The van der Waals surface area contributed by atoms with E-state index < -0.39 is 0 Å². The van der Waals surface area contributed by atoms with Gasteiger partial charge in [-0.05, 0) is 17.5 Å². The first-order valence-electron chi connectivity index (χ1n) is 5.40. The van der Waals surface area contributed by atoms with Crippen LogP contribution in [0.5, 0.6) is 0 Å². The molecule has 0 radical (unpaired) electrons. The molecular weight excluding hydrogens is 236 g/mol. The molecule has 0 bridgehead atoms. The number of benzene rings is 1. The number of thioether (sulfide) groups is 1. The summed E-state index contributed by atoms with van der Waals surface area (Å²) in [5, 5.41) is 11.5. The number of nitrogens with zero attached hydrogens (tertiary/aromatic N) is 2. The van der Waals surface area contributed by atoms with E-state index in [0.29, 0.717) is 0 Å². The SMILES string of the molecule is CC1(C)CN=C(c2ccc([N+](=O)[O-])cc2)SC1. The summed E-state index contributed by atoms with van der Waals surface area (Å²) >= 11 is 1.72. The molecule has 17 heavy (non-hydrogen) atoms. The molecule has 1 aromatic rings. The summed E-state index contributed by atoms with van der Waals surface area (Å²) in [6, 6.07) is 6.58. The molecule has 0 amide bonds. The lowest BCUT2D eigenvalue weighted by atomic mass is 9.97.